The fraction of sp³-hybridized carbons (Fsp3) is 0.750. The summed E-state index contributed by atoms with van der Waals surface area (Å²) in [4.78, 5) is 23.4. The lowest BCUT2D eigenvalue weighted by atomic mass is 9.99. The molecule has 1 fully saturated rings. The van der Waals surface area contributed by atoms with E-state index < -0.39 is 6.10 Å². The van der Waals surface area contributed by atoms with Crippen molar-refractivity contribution in [2.24, 2.45) is 0 Å². The highest BCUT2D eigenvalue weighted by molar-refractivity contribution is 9.09. The Hall–Kier alpha value is -0.420. The molecule has 2 atom stereocenters. The first-order valence-electron chi connectivity index (χ1n) is 4.10. The van der Waals surface area contributed by atoms with Crippen LogP contribution in [-0.4, -0.2) is 48.2 Å². The van der Waals surface area contributed by atoms with Gasteiger partial charge < -0.3 is 14.4 Å². The molecule has 0 radical (unpaired) electrons. The van der Waals surface area contributed by atoms with E-state index >= 15 is 0 Å². The largest absolute Gasteiger partial charge is 0.369 e. The molecule has 74 valence electrons. The summed E-state index contributed by atoms with van der Waals surface area (Å²) in [5, 5.41) is 0.833. The van der Waals surface area contributed by atoms with E-state index in [1.165, 1.54) is 7.11 Å². The first-order chi connectivity index (χ1) is 6.26. The maximum Gasteiger partial charge on any atom is 0.255 e. The minimum atomic E-state index is -0.548. The second kappa shape index (κ2) is 4.72. The number of nitrogens with zero attached hydrogens (tertiary/aromatic N) is 1. The first kappa shape index (κ1) is 10.7. The van der Waals surface area contributed by atoms with Crippen LogP contribution >= 0.6 is 15.9 Å². The van der Waals surface area contributed by atoms with Crippen molar-refractivity contribution in [2.45, 2.75) is 18.6 Å². The standard InChI is InChI=1S/C8H12BrNO3/c1-13-7-6(5-11)10(8(7)12)4-2-3-9/h5-7H,2-4H2,1H3/t6-,7+/m0/s1. The highest BCUT2D eigenvalue weighted by Gasteiger charge is 2.46. The Bertz CT molecular complexity index is 210. The summed E-state index contributed by atoms with van der Waals surface area (Å²) >= 11 is 3.27. The molecule has 0 aromatic rings. The van der Waals surface area contributed by atoms with Crippen LogP contribution in [-0.2, 0) is 14.3 Å². The molecule has 0 unspecified atom stereocenters. The van der Waals surface area contributed by atoms with E-state index in [9.17, 15) is 9.59 Å². The average Bonchev–Trinajstić information content (AvgIpc) is 2.14. The van der Waals surface area contributed by atoms with Crippen molar-refractivity contribution in [3.8, 4) is 0 Å². The minimum Gasteiger partial charge on any atom is -0.369 e. The maximum absolute atomic E-state index is 11.3. The van der Waals surface area contributed by atoms with Crippen molar-refractivity contribution in [2.75, 3.05) is 19.0 Å². The van der Waals surface area contributed by atoms with Crippen molar-refractivity contribution in [3.63, 3.8) is 0 Å². The van der Waals surface area contributed by atoms with Crippen molar-refractivity contribution in [3.05, 3.63) is 0 Å². The van der Waals surface area contributed by atoms with Gasteiger partial charge in [0.1, 0.15) is 12.3 Å². The molecule has 0 N–H and O–H groups in total. The van der Waals surface area contributed by atoms with Gasteiger partial charge in [-0.3, -0.25) is 4.79 Å². The van der Waals surface area contributed by atoms with Gasteiger partial charge in [0, 0.05) is 19.0 Å². The zero-order valence-corrected chi connectivity index (χ0v) is 8.99. The van der Waals surface area contributed by atoms with Crippen LogP contribution in [0.1, 0.15) is 6.42 Å². The number of alkyl halides is 1. The summed E-state index contributed by atoms with van der Waals surface area (Å²) in [6.07, 6.45) is 1.07. The van der Waals surface area contributed by atoms with Crippen LogP contribution in [0.5, 0.6) is 0 Å². The average molecular weight is 250 g/mol. The topological polar surface area (TPSA) is 46.6 Å². The van der Waals surface area contributed by atoms with E-state index in [0.717, 1.165) is 18.0 Å². The Morgan fingerprint density at radius 3 is 2.85 bits per heavy atom. The van der Waals surface area contributed by atoms with E-state index in [0.29, 0.717) is 6.54 Å². The molecule has 0 aromatic heterocycles. The van der Waals surface area contributed by atoms with Gasteiger partial charge in [0.2, 0.25) is 0 Å². The number of rotatable bonds is 5. The molecule has 1 amide bonds. The lowest BCUT2D eigenvalue weighted by molar-refractivity contribution is -0.171. The number of carbonyl (C=O) groups is 2. The Morgan fingerprint density at radius 1 is 1.69 bits per heavy atom. The van der Waals surface area contributed by atoms with Gasteiger partial charge in [-0.1, -0.05) is 15.9 Å². The molecule has 13 heavy (non-hydrogen) atoms. The van der Waals surface area contributed by atoms with E-state index in [4.69, 9.17) is 4.74 Å². The Balaban J connectivity index is 2.47. The van der Waals surface area contributed by atoms with Gasteiger partial charge in [0.05, 0.1) is 0 Å². The van der Waals surface area contributed by atoms with Crippen molar-refractivity contribution < 1.29 is 14.3 Å². The molecule has 4 nitrogen and oxygen atoms in total. The number of aldehydes is 1. The third-order valence-corrected chi connectivity index (χ3v) is 2.68. The number of hydrogen-bond donors (Lipinski definition) is 0. The Morgan fingerprint density at radius 2 is 2.38 bits per heavy atom. The van der Waals surface area contributed by atoms with E-state index in [1.807, 2.05) is 0 Å². The van der Waals surface area contributed by atoms with Crippen LogP contribution in [0, 0.1) is 0 Å². The number of likely N-dealkylation sites (tertiary alicyclic amines) is 1. The summed E-state index contributed by atoms with van der Waals surface area (Å²) < 4.78 is 4.88. The SMILES string of the molecule is CO[C@H]1C(=O)N(CCCBr)[C@H]1C=O. The van der Waals surface area contributed by atoms with Gasteiger partial charge >= 0.3 is 0 Å². The third kappa shape index (κ3) is 1.91. The number of carbonyl (C=O) groups excluding carboxylic acids is 2. The predicted molar refractivity (Wildman–Crippen MR) is 50.8 cm³/mol. The van der Waals surface area contributed by atoms with Crippen molar-refractivity contribution in [1.29, 1.82) is 0 Å². The van der Waals surface area contributed by atoms with Crippen LogP contribution in [0.2, 0.25) is 0 Å². The number of ether oxygens (including phenoxy) is 1. The molecule has 0 aliphatic carbocycles. The van der Waals surface area contributed by atoms with Crippen LogP contribution in [0.25, 0.3) is 0 Å². The van der Waals surface area contributed by atoms with Gasteiger partial charge in [-0.2, -0.15) is 0 Å². The predicted octanol–water partition coefficient (Wildman–Crippen LogP) is 0.196. The molecule has 0 aromatic carbocycles. The van der Waals surface area contributed by atoms with Crippen LogP contribution in [0.4, 0.5) is 0 Å². The quantitative estimate of drug-likeness (QED) is 0.397. The molecular formula is C8H12BrNO3. The van der Waals surface area contributed by atoms with E-state index in [1.54, 1.807) is 4.90 Å². The van der Waals surface area contributed by atoms with E-state index in [-0.39, 0.29) is 11.9 Å². The molecule has 0 spiro atoms. The Labute approximate surface area is 85.4 Å². The zero-order chi connectivity index (χ0) is 9.84. The van der Waals surface area contributed by atoms with E-state index in [2.05, 4.69) is 15.9 Å². The molecule has 1 heterocycles. The second-order valence-electron chi connectivity index (χ2n) is 2.86. The fourth-order valence-electron chi connectivity index (χ4n) is 1.41. The number of hydrogen-bond acceptors (Lipinski definition) is 3. The monoisotopic (exact) mass is 249 g/mol. The van der Waals surface area contributed by atoms with Gasteiger partial charge in [0.25, 0.3) is 5.91 Å². The molecule has 1 aliphatic rings. The molecule has 5 heteroatoms. The van der Waals surface area contributed by atoms with Crippen LogP contribution < -0.4 is 0 Å². The van der Waals surface area contributed by atoms with Crippen LogP contribution in [0.3, 0.4) is 0 Å². The van der Waals surface area contributed by atoms with Crippen molar-refractivity contribution >= 4 is 28.1 Å². The third-order valence-electron chi connectivity index (χ3n) is 2.12. The lowest BCUT2D eigenvalue weighted by Crippen LogP contribution is -2.66. The Kier molecular flexibility index (Phi) is 3.87. The van der Waals surface area contributed by atoms with Gasteiger partial charge in [-0.05, 0) is 6.42 Å². The van der Waals surface area contributed by atoms with Gasteiger partial charge in [-0.25, -0.2) is 0 Å². The maximum atomic E-state index is 11.3. The first-order valence-corrected chi connectivity index (χ1v) is 5.23. The minimum absolute atomic E-state index is 0.0828. The highest BCUT2D eigenvalue weighted by atomic mass is 79.9. The summed E-state index contributed by atoms with van der Waals surface area (Å²) in [6, 6.07) is -0.378. The summed E-state index contributed by atoms with van der Waals surface area (Å²) in [6.45, 7) is 0.618. The summed E-state index contributed by atoms with van der Waals surface area (Å²) in [5.41, 5.74) is 0. The number of β-lactam (4-membered cyclic amide) rings is 1. The smallest absolute Gasteiger partial charge is 0.255 e. The molecule has 0 bridgehead atoms. The van der Waals surface area contributed by atoms with Crippen molar-refractivity contribution in [1.82, 2.24) is 4.90 Å². The zero-order valence-electron chi connectivity index (χ0n) is 7.40. The molecule has 0 saturated carbocycles. The number of amides is 1. The molecule has 1 saturated heterocycles. The second-order valence-corrected chi connectivity index (χ2v) is 3.65. The fourth-order valence-corrected chi connectivity index (χ4v) is 1.66. The number of halogens is 1. The van der Waals surface area contributed by atoms with Gasteiger partial charge in [-0.15, -0.1) is 0 Å². The van der Waals surface area contributed by atoms with Crippen LogP contribution in [0.15, 0.2) is 0 Å². The highest BCUT2D eigenvalue weighted by Crippen LogP contribution is 2.21. The number of methoxy groups -OCH3 is 1. The molecular weight excluding hydrogens is 238 g/mol. The molecule has 1 aliphatic heterocycles. The lowest BCUT2D eigenvalue weighted by Gasteiger charge is -2.43. The normalized spacial score (nSPS) is 27.2. The van der Waals surface area contributed by atoms with Gasteiger partial charge in [0.15, 0.2) is 6.10 Å². The molecule has 1 rings (SSSR count). The summed E-state index contributed by atoms with van der Waals surface area (Å²) in [7, 11) is 1.45. The summed E-state index contributed by atoms with van der Waals surface area (Å²) in [5.74, 6) is -0.0828.